The fourth-order valence-corrected chi connectivity index (χ4v) is 3.26. The molecule has 0 unspecified atom stereocenters. The summed E-state index contributed by atoms with van der Waals surface area (Å²) in [6.07, 6.45) is 4.48. The molecule has 1 aliphatic heterocycles. The van der Waals surface area contributed by atoms with Crippen LogP contribution in [0.25, 0.3) is 0 Å². The minimum absolute atomic E-state index is 0.0409. The van der Waals surface area contributed by atoms with E-state index in [0.29, 0.717) is 6.54 Å². The molecule has 5 nitrogen and oxygen atoms in total. The first-order chi connectivity index (χ1) is 12.1. The van der Waals surface area contributed by atoms with E-state index in [1.165, 1.54) is 22.4 Å². The lowest BCUT2D eigenvalue weighted by molar-refractivity contribution is 0.194. The highest BCUT2D eigenvalue weighted by Crippen LogP contribution is 2.15. The molecule has 1 aromatic heterocycles. The molecule has 0 aliphatic carbocycles. The molecule has 0 spiro atoms. The van der Waals surface area contributed by atoms with Crippen LogP contribution in [0, 0.1) is 13.8 Å². The predicted octanol–water partition coefficient (Wildman–Crippen LogP) is 2.77. The lowest BCUT2D eigenvalue weighted by Crippen LogP contribution is -2.52. The van der Waals surface area contributed by atoms with Crippen LogP contribution in [0.15, 0.2) is 42.7 Å². The van der Waals surface area contributed by atoms with Gasteiger partial charge in [-0.05, 0) is 43.5 Å². The number of nitrogens with zero attached hydrogens (tertiary/aromatic N) is 3. The zero-order valence-electron chi connectivity index (χ0n) is 15.0. The second-order valence-corrected chi connectivity index (χ2v) is 6.59. The molecule has 25 heavy (non-hydrogen) atoms. The third kappa shape index (κ3) is 4.50. The second-order valence-electron chi connectivity index (χ2n) is 6.59. The fourth-order valence-electron chi connectivity index (χ4n) is 3.26. The average Bonchev–Trinajstić information content (AvgIpc) is 2.64. The van der Waals surface area contributed by atoms with Crippen molar-refractivity contribution in [1.29, 1.82) is 0 Å². The summed E-state index contributed by atoms with van der Waals surface area (Å²) in [4.78, 5) is 20.6. The van der Waals surface area contributed by atoms with Crippen molar-refractivity contribution in [2.45, 2.75) is 20.3 Å². The summed E-state index contributed by atoms with van der Waals surface area (Å²) in [5.41, 5.74) is 5.04. The van der Waals surface area contributed by atoms with Gasteiger partial charge in [0.15, 0.2) is 0 Å². The number of carbonyl (C=O) groups is 1. The van der Waals surface area contributed by atoms with Crippen LogP contribution in [0.2, 0.25) is 0 Å². The van der Waals surface area contributed by atoms with E-state index in [-0.39, 0.29) is 6.03 Å². The monoisotopic (exact) mass is 338 g/mol. The van der Waals surface area contributed by atoms with Crippen molar-refractivity contribution in [3.63, 3.8) is 0 Å². The summed E-state index contributed by atoms with van der Waals surface area (Å²) in [6.45, 7) is 8.11. The third-order valence-electron chi connectivity index (χ3n) is 4.76. The van der Waals surface area contributed by atoms with Gasteiger partial charge in [-0.25, -0.2) is 4.79 Å². The molecule has 3 rings (SSSR count). The molecular formula is C20H26N4O. The molecule has 0 saturated carbocycles. The Morgan fingerprint density at radius 2 is 1.80 bits per heavy atom. The van der Waals surface area contributed by atoms with Gasteiger partial charge < -0.3 is 15.1 Å². The summed E-state index contributed by atoms with van der Waals surface area (Å²) in [7, 11) is 0. The number of aryl methyl sites for hydroxylation is 2. The Kier molecular flexibility index (Phi) is 5.53. The van der Waals surface area contributed by atoms with E-state index in [9.17, 15) is 4.79 Å². The van der Waals surface area contributed by atoms with Gasteiger partial charge in [0, 0.05) is 50.8 Å². The molecule has 1 aromatic carbocycles. The average molecular weight is 338 g/mol. The maximum atomic E-state index is 12.4. The summed E-state index contributed by atoms with van der Waals surface area (Å²) in [5, 5.41) is 3.06. The van der Waals surface area contributed by atoms with Crippen molar-refractivity contribution in [1.82, 2.24) is 15.2 Å². The minimum atomic E-state index is 0.0409. The van der Waals surface area contributed by atoms with Crippen molar-refractivity contribution < 1.29 is 4.79 Å². The Balaban J connectivity index is 1.43. The highest BCUT2D eigenvalue weighted by atomic mass is 16.2. The molecule has 1 fully saturated rings. The quantitative estimate of drug-likeness (QED) is 0.932. The molecule has 0 radical (unpaired) electrons. The Bertz CT molecular complexity index is 709. The van der Waals surface area contributed by atoms with Crippen LogP contribution in [-0.4, -0.2) is 48.6 Å². The Morgan fingerprint density at radius 1 is 1.08 bits per heavy atom. The second kappa shape index (κ2) is 8.01. The number of hydrogen-bond acceptors (Lipinski definition) is 3. The fraction of sp³-hybridized carbons (Fsp3) is 0.400. The van der Waals surface area contributed by atoms with Crippen molar-refractivity contribution in [3.8, 4) is 0 Å². The third-order valence-corrected chi connectivity index (χ3v) is 4.76. The van der Waals surface area contributed by atoms with Gasteiger partial charge in [0.1, 0.15) is 0 Å². The Morgan fingerprint density at radius 3 is 2.48 bits per heavy atom. The van der Waals surface area contributed by atoms with Gasteiger partial charge in [0.05, 0.1) is 0 Å². The summed E-state index contributed by atoms with van der Waals surface area (Å²) in [5.74, 6) is 0. The van der Waals surface area contributed by atoms with Crippen molar-refractivity contribution in [2.24, 2.45) is 0 Å². The summed E-state index contributed by atoms with van der Waals surface area (Å²) < 4.78 is 0. The number of rotatable bonds is 4. The maximum Gasteiger partial charge on any atom is 0.317 e. The van der Waals surface area contributed by atoms with Crippen molar-refractivity contribution in [2.75, 3.05) is 37.6 Å². The van der Waals surface area contributed by atoms with E-state index < -0.39 is 0 Å². The molecule has 1 N–H and O–H groups in total. The zero-order chi connectivity index (χ0) is 17.6. The van der Waals surface area contributed by atoms with Gasteiger partial charge >= 0.3 is 6.03 Å². The number of hydrogen-bond donors (Lipinski definition) is 1. The molecule has 1 aliphatic rings. The van der Waals surface area contributed by atoms with Crippen molar-refractivity contribution >= 4 is 11.7 Å². The lowest BCUT2D eigenvalue weighted by atomic mass is 10.0. The molecule has 2 aromatic rings. The number of anilines is 1. The zero-order valence-corrected chi connectivity index (χ0v) is 15.0. The van der Waals surface area contributed by atoms with Crippen LogP contribution in [0.1, 0.15) is 16.7 Å². The van der Waals surface area contributed by atoms with Gasteiger partial charge in [-0.1, -0.05) is 23.8 Å². The van der Waals surface area contributed by atoms with Crippen LogP contribution in [0.5, 0.6) is 0 Å². The van der Waals surface area contributed by atoms with E-state index in [4.69, 9.17) is 0 Å². The van der Waals surface area contributed by atoms with Crippen LogP contribution in [0.4, 0.5) is 10.5 Å². The van der Waals surface area contributed by atoms with Crippen LogP contribution >= 0.6 is 0 Å². The van der Waals surface area contributed by atoms with Gasteiger partial charge in [-0.15, -0.1) is 0 Å². The maximum absolute atomic E-state index is 12.4. The van der Waals surface area contributed by atoms with E-state index >= 15 is 0 Å². The minimum Gasteiger partial charge on any atom is -0.368 e. The first kappa shape index (κ1) is 17.3. The molecule has 1 saturated heterocycles. The number of nitrogens with one attached hydrogen (secondary N) is 1. The van der Waals surface area contributed by atoms with Crippen molar-refractivity contribution in [3.05, 3.63) is 59.4 Å². The molecule has 132 valence electrons. The van der Waals surface area contributed by atoms with E-state index in [2.05, 4.69) is 47.2 Å². The molecule has 2 heterocycles. The Hall–Kier alpha value is -2.56. The molecular weight excluding hydrogens is 312 g/mol. The number of aromatic nitrogens is 1. The number of carbonyl (C=O) groups excluding carboxylic acids is 1. The predicted molar refractivity (Wildman–Crippen MR) is 101 cm³/mol. The van der Waals surface area contributed by atoms with Gasteiger partial charge in [0.25, 0.3) is 0 Å². The largest absolute Gasteiger partial charge is 0.368 e. The normalized spacial score (nSPS) is 14.5. The highest BCUT2D eigenvalue weighted by Gasteiger charge is 2.20. The molecule has 0 atom stereocenters. The SMILES string of the molecule is Cc1ccc(CCNC(=O)N2CCN(c3ccncc3)CC2)c(C)c1. The van der Waals surface area contributed by atoms with E-state index in [1.54, 1.807) is 0 Å². The molecule has 0 bridgehead atoms. The highest BCUT2D eigenvalue weighted by molar-refractivity contribution is 5.74. The summed E-state index contributed by atoms with van der Waals surface area (Å²) >= 11 is 0. The summed E-state index contributed by atoms with van der Waals surface area (Å²) in [6, 6.07) is 10.5. The first-order valence-corrected chi connectivity index (χ1v) is 8.87. The van der Waals surface area contributed by atoms with Crippen LogP contribution < -0.4 is 10.2 Å². The first-order valence-electron chi connectivity index (χ1n) is 8.87. The van der Waals surface area contributed by atoms with Crippen LogP contribution in [0.3, 0.4) is 0 Å². The lowest BCUT2D eigenvalue weighted by Gasteiger charge is -2.36. The molecule has 5 heteroatoms. The number of piperazine rings is 1. The van der Waals surface area contributed by atoms with Gasteiger partial charge in [-0.2, -0.15) is 0 Å². The number of urea groups is 1. The van der Waals surface area contributed by atoms with Crippen LogP contribution in [-0.2, 0) is 6.42 Å². The van der Waals surface area contributed by atoms with Gasteiger partial charge in [0.2, 0.25) is 0 Å². The number of amides is 2. The number of benzene rings is 1. The molecule has 2 amide bonds. The van der Waals surface area contributed by atoms with Gasteiger partial charge in [-0.3, -0.25) is 4.98 Å². The van der Waals surface area contributed by atoms with E-state index in [0.717, 1.165) is 32.6 Å². The smallest absolute Gasteiger partial charge is 0.317 e. The standard InChI is InChI=1S/C20H26N4O/c1-16-3-4-18(17(2)15-16)5-10-22-20(25)24-13-11-23(12-14-24)19-6-8-21-9-7-19/h3-4,6-9,15H,5,10-14H2,1-2H3,(H,22,25). The Labute approximate surface area is 149 Å². The number of pyridine rings is 1. The van der Waals surface area contributed by atoms with E-state index in [1.807, 2.05) is 29.4 Å². The topological polar surface area (TPSA) is 48.5 Å².